The number of carbonyl (C=O) groups excluding carboxylic acids is 1. The van der Waals surface area contributed by atoms with E-state index in [9.17, 15) is 9.59 Å². The minimum absolute atomic E-state index is 0.0228. The molecule has 0 spiro atoms. The quantitative estimate of drug-likeness (QED) is 0.791. The Morgan fingerprint density at radius 3 is 2.65 bits per heavy atom. The molecule has 3 heterocycles. The lowest BCUT2D eigenvalue weighted by atomic mass is 10.3. The third-order valence-corrected chi connectivity index (χ3v) is 3.32. The van der Waals surface area contributed by atoms with Gasteiger partial charge in [0.25, 0.3) is 11.5 Å². The highest BCUT2D eigenvalue weighted by atomic mass is 16.2. The predicted molar refractivity (Wildman–Crippen MR) is 88.0 cm³/mol. The number of anilines is 2. The van der Waals surface area contributed by atoms with Crippen molar-refractivity contribution in [3.63, 3.8) is 0 Å². The molecule has 1 amide bonds. The summed E-state index contributed by atoms with van der Waals surface area (Å²) in [5.41, 5.74) is 0.570. The van der Waals surface area contributed by atoms with Crippen molar-refractivity contribution in [2.45, 2.75) is 0 Å². The Bertz CT molecular complexity index is 916. The van der Waals surface area contributed by atoms with Crippen molar-refractivity contribution >= 4 is 23.1 Å². The van der Waals surface area contributed by atoms with Gasteiger partial charge in [-0.2, -0.15) is 0 Å². The largest absolute Gasteiger partial charge is 0.363 e. The lowest BCUT2D eigenvalue weighted by Gasteiger charge is -2.11. The van der Waals surface area contributed by atoms with E-state index < -0.39 is 11.5 Å². The SMILES string of the molecule is CN(C)c1ccc(NC(=O)c2cnc3ccccn3c2=O)cn1. The van der Waals surface area contributed by atoms with Gasteiger partial charge >= 0.3 is 0 Å². The molecular weight excluding hydrogens is 294 g/mol. The fraction of sp³-hybridized carbons (Fsp3) is 0.125. The van der Waals surface area contributed by atoms with E-state index in [1.807, 2.05) is 19.0 Å². The van der Waals surface area contributed by atoms with Crippen LogP contribution < -0.4 is 15.8 Å². The summed E-state index contributed by atoms with van der Waals surface area (Å²) >= 11 is 0. The molecule has 0 unspecified atom stereocenters. The minimum atomic E-state index is -0.514. The zero-order valence-electron chi connectivity index (χ0n) is 12.7. The second kappa shape index (κ2) is 5.88. The van der Waals surface area contributed by atoms with Gasteiger partial charge in [0.15, 0.2) is 0 Å². The number of fused-ring (bicyclic) bond motifs is 1. The van der Waals surface area contributed by atoms with Crippen LogP contribution in [0.5, 0.6) is 0 Å². The molecule has 1 N–H and O–H groups in total. The number of hydrogen-bond acceptors (Lipinski definition) is 5. The molecule has 7 heteroatoms. The van der Waals surface area contributed by atoms with Crippen molar-refractivity contribution in [2.24, 2.45) is 0 Å². The van der Waals surface area contributed by atoms with E-state index in [0.717, 1.165) is 5.82 Å². The molecule has 0 aliphatic rings. The second-order valence-electron chi connectivity index (χ2n) is 5.16. The van der Waals surface area contributed by atoms with Crippen LogP contribution in [0.25, 0.3) is 5.65 Å². The normalized spacial score (nSPS) is 10.5. The molecule has 116 valence electrons. The van der Waals surface area contributed by atoms with Crippen LogP contribution in [0.3, 0.4) is 0 Å². The van der Waals surface area contributed by atoms with Crippen LogP contribution in [0.4, 0.5) is 11.5 Å². The Morgan fingerprint density at radius 1 is 1.13 bits per heavy atom. The zero-order valence-corrected chi connectivity index (χ0v) is 12.7. The minimum Gasteiger partial charge on any atom is -0.363 e. The van der Waals surface area contributed by atoms with Crippen molar-refractivity contribution < 1.29 is 4.79 Å². The Kier molecular flexibility index (Phi) is 3.76. The fourth-order valence-corrected chi connectivity index (χ4v) is 2.11. The summed E-state index contributed by atoms with van der Waals surface area (Å²) in [5, 5.41) is 2.66. The van der Waals surface area contributed by atoms with E-state index in [1.54, 1.807) is 42.7 Å². The summed E-state index contributed by atoms with van der Waals surface area (Å²) in [5.74, 6) is 0.260. The monoisotopic (exact) mass is 309 g/mol. The average molecular weight is 309 g/mol. The Morgan fingerprint density at radius 2 is 1.96 bits per heavy atom. The van der Waals surface area contributed by atoms with Crippen LogP contribution >= 0.6 is 0 Å². The van der Waals surface area contributed by atoms with E-state index in [-0.39, 0.29) is 5.56 Å². The topological polar surface area (TPSA) is 79.6 Å². The van der Waals surface area contributed by atoms with Gasteiger partial charge in [0, 0.05) is 26.5 Å². The number of carbonyl (C=O) groups is 1. The van der Waals surface area contributed by atoms with Crippen molar-refractivity contribution in [1.82, 2.24) is 14.4 Å². The van der Waals surface area contributed by atoms with Crippen molar-refractivity contribution in [2.75, 3.05) is 24.3 Å². The molecule has 0 atom stereocenters. The summed E-state index contributed by atoms with van der Waals surface area (Å²) < 4.78 is 1.34. The fourth-order valence-electron chi connectivity index (χ4n) is 2.11. The Labute approximate surface area is 132 Å². The van der Waals surface area contributed by atoms with Gasteiger partial charge in [-0.15, -0.1) is 0 Å². The van der Waals surface area contributed by atoms with Gasteiger partial charge in [-0.1, -0.05) is 6.07 Å². The first-order valence-corrected chi connectivity index (χ1v) is 6.97. The molecule has 0 fully saturated rings. The average Bonchev–Trinajstić information content (AvgIpc) is 2.56. The molecule has 23 heavy (non-hydrogen) atoms. The van der Waals surface area contributed by atoms with Gasteiger partial charge < -0.3 is 10.2 Å². The van der Waals surface area contributed by atoms with E-state index in [4.69, 9.17) is 0 Å². The number of pyridine rings is 2. The third-order valence-electron chi connectivity index (χ3n) is 3.32. The predicted octanol–water partition coefficient (Wildman–Crippen LogP) is 1.41. The third kappa shape index (κ3) is 2.89. The maximum absolute atomic E-state index is 12.3. The maximum atomic E-state index is 12.3. The van der Waals surface area contributed by atoms with E-state index in [0.29, 0.717) is 11.3 Å². The van der Waals surface area contributed by atoms with E-state index in [1.165, 1.54) is 10.6 Å². The summed E-state index contributed by atoms with van der Waals surface area (Å²) in [6.45, 7) is 0. The van der Waals surface area contributed by atoms with Crippen LogP contribution in [0.15, 0.2) is 53.7 Å². The smallest absolute Gasteiger partial charge is 0.270 e. The van der Waals surface area contributed by atoms with Crippen LogP contribution in [-0.2, 0) is 0 Å². The molecule has 7 nitrogen and oxygen atoms in total. The number of nitrogens with zero attached hydrogens (tertiary/aromatic N) is 4. The zero-order chi connectivity index (χ0) is 16.4. The molecule has 0 aliphatic heterocycles. The molecule has 0 bridgehead atoms. The Balaban J connectivity index is 1.89. The van der Waals surface area contributed by atoms with E-state index in [2.05, 4.69) is 15.3 Å². The molecule has 0 saturated carbocycles. The van der Waals surface area contributed by atoms with Gasteiger partial charge in [0.1, 0.15) is 17.0 Å². The number of aromatic nitrogens is 3. The highest BCUT2D eigenvalue weighted by Gasteiger charge is 2.13. The van der Waals surface area contributed by atoms with Crippen molar-refractivity contribution in [3.05, 3.63) is 64.8 Å². The summed E-state index contributed by atoms with van der Waals surface area (Å²) in [4.78, 5) is 34.8. The van der Waals surface area contributed by atoms with Gasteiger partial charge in [-0.3, -0.25) is 14.0 Å². The van der Waals surface area contributed by atoms with Crippen LogP contribution in [0, 0.1) is 0 Å². The van der Waals surface area contributed by atoms with Gasteiger partial charge in [0.2, 0.25) is 0 Å². The molecule has 0 radical (unpaired) electrons. The number of hydrogen-bond donors (Lipinski definition) is 1. The maximum Gasteiger partial charge on any atom is 0.270 e. The molecule has 0 saturated heterocycles. The second-order valence-corrected chi connectivity index (χ2v) is 5.16. The number of rotatable bonds is 3. The molecule has 0 aromatic carbocycles. The van der Waals surface area contributed by atoms with Crippen LogP contribution in [-0.4, -0.2) is 34.4 Å². The first-order chi connectivity index (χ1) is 11.1. The van der Waals surface area contributed by atoms with Gasteiger partial charge in [0.05, 0.1) is 11.9 Å². The van der Waals surface area contributed by atoms with Gasteiger partial charge in [-0.05, 0) is 24.3 Å². The number of nitrogens with one attached hydrogen (secondary N) is 1. The van der Waals surface area contributed by atoms with Crippen LogP contribution in [0.2, 0.25) is 0 Å². The lowest BCUT2D eigenvalue weighted by Crippen LogP contribution is -2.26. The highest BCUT2D eigenvalue weighted by Crippen LogP contribution is 2.12. The number of amides is 1. The first-order valence-electron chi connectivity index (χ1n) is 6.97. The standard InChI is InChI=1S/C16H15N5O2/c1-20(2)13-7-6-11(9-17-13)19-15(22)12-10-18-14-5-3-4-8-21(14)16(12)23/h3-10H,1-2H3,(H,19,22). The molecular formula is C16H15N5O2. The summed E-state index contributed by atoms with van der Waals surface area (Å²) in [6.07, 6.45) is 4.41. The molecule has 3 rings (SSSR count). The van der Waals surface area contributed by atoms with E-state index >= 15 is 0 Å². The first kappa shape index (κ1) is 14.7. The molecule has 3 aromatic heterocycles. The summed E-state index contributed by atoms with van der Waals surface area (Å²) in [6, 6.07) is 8.70. The van der Waals surface area contributed by atoms with Crippen molar-refractivity contribution in [3.8, 4) is 0 Å². The highest BCUT2D eigenvalue weighted by molar-refractivity contribution is 6.03. The lowest BCUT2D eigenvalue weighted by molar-refractivity contribution is 0.102. The summed E-state index contributed by atoms with van der Waals surface area (Å²) in [7, 11) is 3.75. The van der Waals surface area contributed by atoms with Crippen LogP contribution in [0.1, 0.15) is 10.4 Å². The molecule has 3 aromatic rings. The molecule has 0 aliphatic carbocycles. The Hall–Kier alpha value is -3.22. The van der Waals surface area contributed by atoms with Crippen molar-refractivity contribution in [1.29, 1.82) is 0 Å². The van der Waals surface area contributed by atoms with Gasteiger partial charge in [-0.25, -0.2) is 9.97 Å².